The Hall–Kier alpha value is -3.07. The minimum Gasteiger partial charge on any atom is -0.497 e. The Balaban J connectivity index is 1.77. The molecule has 0 amide bonds. The summed E-state index contributed by atoms with van der Waals surface area (Å²) >= 11 is 0. The molecule has 1 atom stereocenters. The summed E-state index contributed by atoms with van der Waals surface area (Å²) in [5.41, 5.74) is 5.52. The van der Waals surface area contributed by atoms with Gasteiger partial charge in [0.1, 0.15) is 5.75 Å². The average molecular weight is 328 g/mol. The van der Waals surface area contributed by atoms with Crippen LogP contribution in [0.4, 0.5) is 11.4 Å². The summed E-state index contributed by atoms with van der Waals surface area (Å²) in [6.07, 6.45) is 0.824. The molecule has 0 fully saturated rings. The number of nitrogens with zero attached hydrogens (tertiary/aromatic N) is 1. The molecule has 0 aliphatic carbocycles. The molecule has 3 nitrogen and oxygen atoms in total. The van der Waals surface area contributed by atoms with Crippen molar-refractivity contribution in [2.75, 3.05) is 12.4 Å². The molecular weight excluding hydrogens is 308 g/mol. The molecule has 0 aromatic heterocycles. The van der Waals surface area contributed by atoms with E-state index >= 15 is 0 Å². The number of nitrogens with one attached hydrogen (secondary N) is 1. The van der Waals surface area contributed by atoms with Gasteiger partial charge < -0.3 is 10.1 Å². The third-order valence-corrected chi connectivity index (χ3v) is 4.51. The lowest BCUT2D eigenvalue weighted by atomic mass is 9.97. The first-order valence-electron chi connectivity index (χ1n) is 8.46. The van der Waals surface area contributed by atoms with Crippen molar-refractivity contribution in [3.63, 3.8) is 0 Å². The summed E-state index contributed by atoms with van der Waals surface area (Å²) in [5.74, 6) is 0.858. The Kier molecular flexibility index (Phi) is 4.21. The van der Waals surface area contributed by atoms with Gasteiger partial charge in [-0.05, 0) is 47.5 Å². The Labute approximate surface area is 148 Å². The number of hydrogen-bond donors (Lipinski definition) is 1. The maximum absolute atomic E-state index is 5.28. The topological polar surface area (TPSA) is 33.6 Å². The van der Waals surface area contributed by atoms with Crippen LogP contribution in [0.2, 0.25) is 0 Å². The zero-order valence-electron chi connectivity index (χ0n) is 14.1. The summed E-state index contributed by atoms with van der Waals surface area (Å²) in [5, 5.41) is 3.66. The largest absolute Gasteiger partial charge is 0.497 e. The molecule has 3 aromatic carbocycles. The Morgan fingerprint density at radius 2 is 1.60 bits per heavy atom. The fourth-order valence-electron chi connectivity index (χ4n) is 3.17. The van der Waals surface area contributed by atoms with Crippen LogP contribution < -0.4 is 10.1 Å². The van der Waals surface area contributed by atoms with Gasteiger partial charge in [-0.25, -0.2) is 0 Å². The lowest BCUT2D eigenvalue weighted by molar-refractivity contribution is 0.415. The van der Waals surface area contributed by atoms with Crippen molar-refractivity contribution in [3.8, 4) is 5.75 Å². The number of methoxy groups -OCH3 is 1. The SMILES string of the molecule is COc1ccc(C2=Nc3ccccc3N[C@H](c3ccccc3)C2)cc1. The summed E-state index contributed by atoms with van der Waals surface area (Å²) < 4.78 is 5.28. The fraction of sp³-hybridized carbons (Fsp3) is 0.136. The van der Waals surface area contributed by atoms with E-state index in [1.807, 2.05) is 30.3 Å². The first-order valence-corrected chi connectivity index (χ1v) is 8.46. The van der Waals surface area contributed by atoms with Crippen molar-refractivity contribution >= 4 is 17.1 Å². The quantitative estimate of drug-likeness (QED) is 0.701. The lowest BCUT2D eigenvalue weighted by Crippen LogP contribution is -2.14. The predicted molar refractivity (Wildman–Crippen MR) is 103 cm³/mol. The van der Waals surface area contributed by atoms with Crippen LogP contribution in [-0.2, 0) is 0 Å². The molecule has 1 aliphatic rings. The second-order valence-electron chi connectivity index (χ2n) is 6.12. The molecule has 0 bridgehead atoms. The summed E-state index contributed by atoms with van der Waals surface area (Å²) in [6, 6.07) is 27.1. The van der Waals surface area contributed by atoms with Crippen LogP contribution in [0.15, 0.2) is 83.9 Å². The highest BCUT2D eigenvalue weighted by atomic mass is 16.5. The minimum absolute atomic E-state index is 0.186. The molecule has 1 aliphatic heterocycles. The molecule has 0 unspecified atom stereocenters. The van der Waals surface area contributed by atoms with Gasteiger partial charge in [0, 0.05) is 6.42 Å². The number of fused-ring (bicyclic) bond motifs is 1. The van der Waals surface area contributed by atoms with Gasteiger partial charge in [-0.3, -0.25) is 4.99 Å². The second kappa shape index (κ2) is 6.81. The van der Waals surface area contributed by atoms with Crippen molar-refractivity contribution in [1.82, 2.24) is 0 Å². The summed E-state index contributed by atoms with van der Waals surface area (Å²) in [6.45, 7) is 0. The van der Waals surface area contributed by atoms with E-state index in [0.717, 1.165) is 34.8 Å². The number of benzene rings is 3. The molecule has 0 saturated heterocycles. The third kappa shape index (κ3) is 3.26. The number of hydrogen-bond acceptors (Lipinski definition) is 3. The van der Waals surface area contributed by atoms with E-state index in [2.05, 4.69) is 53.8 Å². The standard InChI is InChI=1S/C22H20N2O/c1-25-18-13-11-17(12-14-18)22-15-21(16-7-3-2-4-8-16)23-19-9-5-6-10-20(19)24-22/h2-14,21,23H,15H2,1H3/t21-/m0/s1. The van der Waals surface area contributed by atoms with E-state index < -0.39 is 0 Å². The smallest absolute Gasteiger partial charge is 0.118 e. The zero-order valence-corrected chi connectivity index (χ0v) is 14.1. The van der Waals surface area contributed by atoms with Gasteiger partial charge >= 0.3 is 0 Å². The van der Waals surface area contributed by atoms with Crippen molar-refractivity contribution in [2.24, 2.45) is 4.99 Å². The highest BCUT2D eigenvalue weighted by molar-refractivity contribution is 6.04. The summed E-state index contributed by atoms with van der Waals surface area (Å²) in [4.78, 5) is 4.95. The van der Waals surface area contributed by atoms with Gasteiger partial charge in [-0.2, -0.15) is 0 Å². The zero-order chi connectivity index (χ0) is 17.1. The number of para-hydroxylation sites is 2. The fourth-order valence-corrected chi connectivity index (χ4v) is 3.17. The molecule has 3 heteroatoms. The van der Waals surface area contributed by atoms with Crippen LogP contribution >= 0.6 is 0 Å². The van der Waals surface area contributed by atoms with Crippen LogP contribution in [-0.4, -0.2) is 12.8 Å². The number of rotatable bonds is 3. The van der Waals surface area contributed by atoms with Gasteiger partial charge in [0.15, 0.2) is 0 Å². The molecule has 0 radical (unpaired) electrons. The minimum atomic E-state index is 0.186. The van der Waals surface area contributed by atoms with E-state index in [0.29, 0.717) is 0 Å². The van der Waals surface area contributed by atoms with Crippen LogP contribution in [0.1, 0.15) is 23.6 Å². The third-order valence-electron chi connectivity index (χ3n) is 4.51. The van der Waals surface area contributed by atoms with E-state index in [4.69, 9.17) is 9.73 Å². The van der Waals surface area contributed by atoms with E-state index in [9.17, 15) is 0 Å². The van der Waals surface area contributed by atoms with Gasteiger partial charge in [0.2, 0.25) is 0 Å². The highest BCUT2D eigenvalue weighted by Gasteiger charge is 2.20. The normalized spacial score (nSPS) is 16.2. The van der Waals surface area contributed by atoms with Gasteiger partial charge in [-0.1, -0.05) is 42.5 Å². The van der Waals surface area contributed by atoms with Gasteiger partial charge in [0.05, 0.1) is 30.2 Å². The Morgan fingerprint density at radius 3 is 2.36 bits per heavy atom. The highest BCUT2D eigenvalue weighted by Crippen LogP contribution is 2.35. The number of aliphatic imine (C=N–C) groups is 1. The van der Waals surface area contributed by atoms with Crippen LogP contribution in [0.5, 0.6) is 5.75 Å². The number of ether oxygens (including phenoxy) is 1. The predicted octanol–water partition coefficient (Wildman–Crippen LogP) is 5.37. The Morgan fingerprint density at radius 1 is 0.880 bits per heavy atom. The van der Waals surface area contributed by atoms with Crippen molar-refractivity contribution in [1.29, 1.82) is 0 Å². The first kappa shape index (κ1) is 15.5. The van der Waals surface area contributed by atoms with E-state index in [-0.39, 0.29) is 6.04 Å². The maximum atomic E-state index is 5.28. The molecule has 3 aromatic rings. The Bertz CT molecular complexity index is 885. The lowest BCUT2D eigenvalue weighted by Gasteiger charge is -2.19. The van der Waals surface area contributed by atoms with Gasteiger partial charge in [0.25, 0.3) is 0 Å². The van der Waals surface area contributed by atoms with Crippen molar-refractivity contribution in [3.05, 3.63) is 90.0 Å². The van der Waals surface area contributed by atoms with Gasteiger partial charge in [-0.15, -0.1) is 0 Å². The molecule has 4 rings (SSSR count). The molecule has 0 saturated carbocycles. The monoisotopic (exact) mass is 328 g/mol. The summed E-state index contributed by atoms with van der Waals surface area (Å²) in [7, 11) is 1.68. The van der Waals surface area contributed by atoms with Crippen molar-refractivity contribution < 1.29 is 4.74 Å². The van der Waals surface area contributed by atoms with E-state index in [1.54, 1.807) is 7.11 Å². The number of anilines is 1. The molecule has 1 N–H and O–H groups in total. The molecule has 124 valence electrons. The molecule has 0 spiro atoms. The first-order chi connectivity index (χ1) is 12.3. The average Bonchev–Trinajstić information content (AvgIpc) is 2.88. The maximum Gasteiger partial charge on any atom is 0.118 e. The van der Waals surface area contributed by atoms with Crippen LogP contribution in [0, 0.1) is 0 Å². The molecular formula is C22H20N2O. The van der Waals surface area contributed by atoms with Crippen molar-refractivity contribution in [2.45, 2.75) is 12.5 Å². The van der Waals surface area contributed by atoms with Crippen LogP contribution in [0.25, 0.3) is 0 Å². The molecule has 25 heavy (non-hydrogen) atoms. The van der Waals surface area contributed by atoms with Crippen LogP contribution in [0.3, 0.4) is 0 Å². The van der Waals surface area contributed by atoms with E-state index in [1.165, 1.54) is 5.56 Å². The second-order valence-corrected chi connectivity index (χ2v) is 6.12. The molecule has 1 heterocycles.